The number of benzene rings is 1. The number of hydrazine groups is 1. The fraction of sp³-hybridized carbons (Fsp3) is 0.652. The van der Waals surface area contributed by atoms with E-state index in [1.54, 1.807) is 26.0 Å². The zero-order chi connectivity index (χ0) is 22.4. The van der Waals surface area contributed by atoms with Gasteiger partial charge in [0.25, 0.3) is 5.91 Å². The molecule has 8 heteroatoms. The first kappa shape index (κ1) is 22.3. The zero-order valence-electron chi connectivity index (χ0n) is 18.5. The van der Waals surface area contributed by atoms with Crippen molar-refractivity contribution in [3.63, 3.8) is 0 Å². The number of carbonyl (C=O) groups is 2. The number of hydrogen-bond donors (Lipinski definition) is 3. The highest BCUT2D eigenvalue weighted by Gasteiger charge is 2.54. The average molecular weight is 448 g/mol. The summed E-state index contributed by atoms with van der Waals surface area (Å²) in [6, 6.07) is 5.46. The van der Waals surface area contributed by atoms with Crippen molar-refractivity contribution in [2.24, 2.45) is 29.1 Å². The molecule has 0 radical (unpaired) electrons. The van der Waals surface area contributed by atoms with Gasteiger partial charge >= 0.3 is 0 Å². The highest BCUT2D eigenvalue weighted by Crippen LogP contribution is 2.60. The Kier molecular flexibility index (Phi) is 5.89. The van der Waals surface area contributed by atoms with E-state index in [-0.39, 0.29) is 22.1 Å². The molecule has 4 aliphatic rings. The van der Waals surface area contributed by atoms with Gasteiger partial charge in [-0.1, -0.05) is 31.5 Å². The lowest BCUT2D eigenvalue weighted by atomic mass is 9.49. The van der Waals surface area contributed by atoms with E-state index in [1.807, 2.05) is 6.92 Å². The van der Waals surface area contributed by atoms with Crippen molar-refractivity contribution in [1.82, 2.24) is 15.6 Å². The lowest BCUT2D eigenvalue weighted by Gasteiger charge is -2.55. The van der Waals surface area contributed by atoms with Gasteiger partial charge in [-0.15, -0.1) is 0 Å². The van der Waals surface area contributed by atoms with Crippen LogP contribution < -0.4 is 15.6 Å². The minimum atomic E-state index is -3.87. The molecule has 170 valence electrons. The SMILES string of the molecule is Cc1ccc(S(=O)(=O)N[C@H](C(=O)NNC(=O)C23CC4CC(CC(C4)C2)C3)C(C)C)cc1. The summed E-state index contributed by atoms with van der Waals surface area (Å²) in [4.78, 5) is 26.0. The maximum absolute atomic E-state index is 13.1. The molecule has 4 bridgehead atoms. The molecule has 4 fully saturated rings. The molecule has 0 spiro atoms. The van der Waals surface area contributed by atoms with E-state index in [9.17, 15) is 18.0 Å². The van der Waals surface area contributed by atoms with Gasteiger partial charge < -0.3 is 0 Å². The van der Waals surface area contributed by atoms with Crippen LogP contribution in [0.25, 0.3) is 0 Å². The Balaban J connectivity index is 1.40. The number of sulfonamides is 1. The quantitative estimate of drug-likeness (QED) is 0.583. The first-order valence-corrected chi connectivity index (χ1v) is 12.8. The lowest BCUT2D eigenvalue weighted by Crippen LogP contribution is -2.59. The van der Waals surface area contributed by atoms with Crippen molar-refractivity contribution in [3.8, 4) is 0 Å². The Morgan fingerprint density at radius 1 is 0.935 bits per heavy atom. The second-order valence-electron chi connectivity index (χ2n) is 10.3. The van der Waals surface area contributed by atoms with E-state index in [0.29, 0.717) is 17.8 Å². The number of aryl methyl sites for hydroxylation is 1. The third kappa shape index (κ3) is 4.51. The molecule has 0 aromatic heterocycles. The van der Waals surface area contributed by atoms with E-state index >= 15 is 0 Å². The first-order valence-electron chi connectivity index (χ1n) is 11.3. The Morgan fingerprint density at radius 2 is 1.45 bits per heavy atom. The highest BCUT2D eigenvalue weighted by molar-refractivity contribution is 7.89. The maximum atomic E-state index is 13.1. The molecule has 4 aliphatic carbocycles. The van der Waals surface area contributed by atoms with Crippen molar-refractivity contribution in [3.05, 3.63) is 29.8 Å². The summed E-state index contributed by atoms with van der Waals surface area (Å²) in [6.07, 6.45) is 6.39. The third-order valence-electron chi connectivity index (χ3n) is 7.38. The van der Waals surface area contributed by atoms with E-state index < -0.39 is 22.0 Å². The lowest BCUT2D eigenvalue weighted by molar-refractivity contribution is -0.149. The van der Waals surface area contributed by atoms with Crippen LogP contribution in [0.5, 0.6) is 0 Å². The summed E-state index contributed by atoms with van der Waals surface area (Å²) in [7, 11) is -3.87. The molecule has 0 saturated heterocycles. The number of amides is 2. The van der Waals surface area contributed by atoms with Crippen LogP contribution in [0.2, 0.25) is 0 Å². The second-order valence-corrected chi connectivity index (χ2v) is 12.0. The molecule has 31 heavy (non-hydrogen) atoms. The van der Waals surface area contributed by atoms with Crippen molar-refractivity contribution in [2.75, 3.05) is 0 Å². The zero-order valence-corrected chi connectivity index (χ0v) is 19.3. The molecule has 4 saturated carbocycles. The largest absolute Gasteiger partial charge is 0.273 e. The minimum Gasteiger partial charge on any atom is -0.273 e. The van der Waals surface area contributed by atoms with Gasteiger partial charge in [-0.2, -0.15) is 4.72 Å². The maximum Gasteiger partial charge on any atom is 0.256 e. The van der Waals surface area contributed by atoms with Gasteiger partial charge in [0, 0.05) is 0 Å². The molecule has 1 atom stereocenters. The molecule has 0 aliphatic heterocycles. The Morgan fingerprint density at radius 3 is 1.94 bits per heavy atom. The molecule has 5 rings (SSSR count). The summed E-state index contributed by atoms with van der Waals surface area (Å²) < 4.78 is 28.0. The van der Waals surface area contributed by atoms with Gasteiger partial charge in [-0.05, 0) is 81.3 Å². The number of nitrogens with one attached hydrogen (secondary N) is 3. The van der Waals surface area contributed by atoms with Crippen molar-refractivity contribution in [2.45, 2.75) is 70.2 Å². The normalized spacial score (nSPS) is 30.3. The van der Waals surface area contributed by atoms with Crippen molar-refractivity contribution < 1.29 is 18.0 Å². The number of hydrogen-bond acceptors (Lipinski definition) is 4. The van der Waals surface area contributed by atoms with Crippen LogP contribution in [0.1, 0.15) is 57.9 Å². The molecular formula is C23H33N3O4S. The minimum absolute atomic E-state index is 0.106. The summed E-state index contributed by atoms with van der Waals surface area (Å²) in [5.74, 6) is 0.900. The van der Waals surface area contributed by atoms with E-state index in [2.05, 4.69) is 15.6 Å². The summed E-state index contributed by atoms with van der Waals surface area (Å²) in [5, 5.41) is 0. The number of rotatable bonds is 6. The molecule has 0 heterocycles. The molecule has 1 aromatic rings. The van der Waals surface area contributed by atoms with Crippen molar-refractivity contribution >= 4 is 21.8 Å². The first-order chi connectivity index (χ1) is 14.6. The van der Waals surface area contributed by atoms with Crippen molar-refractivity contribution in [1.29, 1.82) is 0 Å². The summed E-state index contributed by atoms with van der Waals surface area (Å²) >= 11 is 0. The molecule has 0 unspecified atom stereocenters. The van der Waals surface area contributed by atoms with Gasteiger partial charge in [-0.3, -0.25) is 20.4 Å². The smallest absolute Gasteiger partial charge is 0.256 e. The van der Waals surface area contributed by atoms with Gasteiger partial charge in [0.1, 0.15) is 6.04 Å². The highest BCUT2D eigenvalue weighted by atomic mass is 32.2. The fourth-order valence-electron chi connectivity index (χ4n) is 6.16. The van der Waals surface area contributed by atoms with Crippen LogP contribution >= 0.6 is 0 Å². The van der Waals surface area contributed by atoms with Crippen LogP contribution in [0.3, 0.4) is 0 Å². The standard InChI is InChI=1S/C23H33N3O4S/c1-14(2)20(26-31(29,30)19-6-4-15(3)5-7-19)21(27)24-25-22(28)23-11-16-8-17(12-23)10-18(9-16)13-23/h4-7,14,16-18,20,26H,8-13H2,1-3H3,(H,24,27)(H,25,28)/t16?,17?,18?,20-,23?/m0/s1. The van der Waals surface area contributed by atoms with E-state index in [0.717, 1.165) is 24.8 Å². The molecule has 3 N–H and O–H groups in total. The molecule has 1 aromatic carbocycles. The van der Waals surface area contributed by atoms with Crippen LogP contribution in [0.15, 0.2) is 29.2 Å². The van der Waals surface area contributed by atoms with Crippen LogP contribution in [0, 0.1) is 36.0 Å². The van der Waals surface area contributed by atoms with E-state index in [1.165, 1.54) is 31.4 Å². The Labute approximate surface area is 184 Å². The van der Waals surface area contributed by atoms with Crippen LogP contribution in [-0.4, -0.2) is 26.3 Å². The predicted molar refractivity (Wildman–Crippen MR) is 117 cm³/mol. The fourth-order valence-corrected chi connectivity index (χ4v) is 7.51. The summed E-state index contributed by atoms with van der Waals surface area (Å²) in [5.41, 5.74) is 5.71. The molecular weight excluding hydrogens is 414 g/mol. The molecule has 2 amide bonds. The Hall–Kier alpha value is -1.93. The van der Waals surface area contributed by atoms with Crippen LogP contribution in [-0.2, 0) is 19.6 Å². The second kappa shape index (κ2) is 8.20. The Bertz CT molecular complexity index is 920. The third-order valence-corrected chi connectivity index (χ3v) is 8.84. The molecule has 7 nitrogen and oxygen atoms in total. The summed E-state index contributed by atoms with van der Waals surface area (Å²) in [6.45, 7) is 5.41. The average Bonchev–Trinajstić information content (AvgIpc) is 2.69. The van der Waals surface area contributed by atoms with Gasteiger partial charge in [0.15, 0.2) is 0 Å². The van der Waals surface area contributed by atoms with Crippen LogP contribution in [0.4, 0.5) is 0 Å². The van der Waals surface area contributed by atoms with Gasteiger partial charge in [0.2, 0.25) is 15.9 Å². The monoisotopic (exact) mass is 447 g/mol. The predicted octanol–water partition coefficient (Wildman–Crippen LogP) is 2.66. The van der Waals surface area contributed by atoms with Gasteiger partial charge in [-0.25, -0.2) is 8.42 Å². The number of carbonyl (C=O) groups excluding carboxylic acids is 2. The van der Waals surface area contributed by atoms with Gasteiger partial charge in [0.05, 0.1) is 10.3 Å². The van der Waals surface area contributed by atoms with E-state index in [4.69, 9.17) is 0 Å². The topological polar surface area (TPSA) is 104 Å².